The predicted molar refractivity (Wildman–Crippen MR) is 54.0 cm³/mol. The Morgan fingerprint density at radius 3 is 2.71 bits per heavy atom. The van der Waals surface area contributed by atoms with E-state index in [9.17, 15) is 9.59 Å². The van der Waals surface area contributed by atoms with Crippen LogP contribution in [0.4, 0.5) is 0 Å². The average Bonchev–Trinajstić information content (AvgIpc) is 2.28. The second kappa shape index (κ2) is 5.10. The molecule has 0 bridgehead atoms. The first-order valence-electron chi connectivity index (χ1n) is 5.05. The Hall–Kier alpha value is -0.900. The zero-order chi connectivity index (χ0) is 10.6. The van der Waals surface area contributed by atoms with E-state index < -0.39 is 0 Å². The second-order valence-electron chi connectivity index (χ2n) is 3.86. The third-order valence-electron chi connectivity index (χ3n) is 2.60. The fourth-order valence-corrected chi connectivity index (χ4v) is 1.51. The van der Waals surface area contributed by atoms with Crippen molar-refractivity contribution in [2.75, 3.05) is 33.2 Å². The number of rotatable bonds is 3. The molecule has 1 fully saturated rings. The van der Waals surface area contributed by atoms with Crippen molar-refractivity contribution in [3.05, 3.63) is 0 Å². The zero-order valence-corrected chi connectivity index (χ0v) is 8.95. The van der Waals surface area contributed by atoms with Gasteiger partial charge >= 0.3 is 0 Å². The summed E-state index contributed by atoms with van der Waals surface area (Å²) in [5.74, 6) is 0.421. The van der Waals surface area contributed by atoms with Crippen LogP contribution in [0.5, 0.6) is 0 Å². The monoisotopic (exact) mass is 198 g/mol. The van der Waals surface area contributed by atoms with Gasteiger partial charge in [-0.1, -0.05) is 0 Å². The van der Waals surface area contributed by atoms with Crippen molar-refractivity contribution in [2.24, 2.45) is 0 Å². The van der Waals surface area contributed by atoms with Crippen LogP contribution in [-0.2, 0) is 9.59 Å². The quantitative estimate of drug-likeness (QED) is 0.647. The van der Waals surface area contributed by atoms with Gasteiger partial charge in [-0.2, -0.15) is 0 Å². The van der Waals surface area contributed by atoms with Gasteiger partial charge in [0, 0.05) is 46.1 Å². The Morgan fingerprint density at radius 1 is 1.36 bits per heavy atom. The van der Waals surface area contributed by atoms with Gasteiger partial charge in [-0.25, -0.2) is 0 Å². The maximum atomic E-state index is 11.3. The van der Waals surface area contributed by atoms with E-state index in [2.05, 4.69) is 4.90 Å². The Bertz CT molecular complexity index is 226. The molecule has 0 saturated carbocycles. The van der Waals surface area contributed by atoms with Crippen LogP contribution in [0.15, 0.2) is 0 Å². The van der Waals surface area contributed by atoms with Crippen LogP contribution in [0.2, 0.25) is 0 Å². The Balaban J connectivity index is 2.34. The number of carbonyl (C=O) groups excluding carboxylic acids is 2. The first-order chi connectivity index (χ1) is 6.59. The first-order valence-corrected chi connectivity index (χ1v) is 5.05. The summed E-state index contributed by atoms with van der Waals surface area (Å²) in [7, 11) is 1.83. The van der Waals surface area contributed by atoms with E-state index >= 15 is 0 Å². The van der Waals surface area contributed by atoms with Crippen LogP contribution in [0, 0.1) is 0 Å². The Morgan fingerprint density at radius 2 is 2.07 bits per heavy atom. The lowest BCUT2D eigenvalue weighted by molar-refractivity contribution is -0.129. The molecule has 0 aliphatic carbocycles. The number of likely N-dealkylation sites (N-methyl/N-ethyl adjacent to an activating group) is 1. The van der Waals surface area contributed by atoms with Crippen molar-refractivity contribution >= 4 is 11.7 Å². The minimum absolute atomic E-state index is 0.204. The van der Waals surface area contributed by atoms with E-state index in [0.717, 1.165) is 26.2 Å². The lowest BCUT2D eigenvalue weighted by Crippen LogP contribution is -2.31. The fraction of sp³-hybridized carbons (Fsp3) is 0.800. The van der Waals surface area contributed by atoms with E-state index in [4.69, 9.17) is 0 Å². The van der Waals surface area contributed by atoms with Gasteiger partial charge in [-0.15, -0.1) is 0 Å². The lowest BCUT2D eigenvalue weighted by atomic mass is 10.3. The molecule has 1 saturated heterocycles. The van der Waals surface area contributed by atoms with Gasteiger partial charge < -0.3 is 9.80 Å². The summed E-state index contributed by atoms with van der Waals surface area (Å²) in [4.78, 5) is 26.1. The standard InChI is InChI=1S/C10H18N2O2/c1-9(13)3-5-12-6-4-10(14)11(2)7-8-12/h3-8H2,1-2H3. The van der Waals surface area contributed by atoms with E-state index in [-0.39, 0.29) is 11.7 Å². The van der Waals surface area contributed by atoms with E-state index in [1.807, 2.05) is 7.05 Å². The molecule has 1 aliphatic rings. The summed E-state index contributed by atoms with van der Waals surface area (Å²) in [6.45, 7) is 4.84. The third-order valence-corrected chi connectivity index (χ3v) is 2.60. The van der Waals surface area contributed by atoms with Crippen molar-refractivity contribution in [3.63, 3.8) is 0 Å². The number of Topliss-reactive ketones (excluding diaryl/α,β-unsaturated/α-hetero) is 1. The van der Waals surface area contributed by atoms with Gasteiger partial charge in [0.25, 0.3) is 0 Å². The highest BCUT2D eigenvalue weighted by molar-refractivity contribution is 5.76. The van der Waals surface area contributed by atoms with Crippen LogP contribution >= 0.6 is 0 Å². The highest BCUT2D eigenvalue weighted by Crippen LogP contribution is 2.03. The summed E-state index contributed by atoms with van der Waals surface area (Å²) in [5.41, 5.74) is 0. The van der Waals surface area contributed by atoms with E-state index in [1.165, 1.54) is 0 Å². The number of hydrogen-bond acceptors (Lipinski definition) is 3. The molecule has 0 unspecified atom stereocenters. The van der Waals surface area contributed by atoms with Crippen LogP contribution < -0.4 is 0 Å². The molecule has 4 heteroatoms. The maximum Gasteiger partial charge on any atom is 0.223 e. The Kier molecular flexibility index (Phi) is 4.07. The molecular formula is C10H18N2O2. The SMILES string of the molecule is CC(=O)CCN1CCC(=O)N(C)CC1. The summed E-state index contributed by atoms with van der Waals surface area (Å²) < 4.78 is 0. The Labute approximate surface area is 84.9 Å². The maximum absolute atomic E-state index is 11.3. The molecular weight excluding hydrogens is 180 g/mol. The molecule has 80 valence electrons. The molecule has 4 nitrogen and oxygen atoms in total. The molecule has 1 amide bonds. The molecule has 0 aromatic rings. The smallest absolute Gasteiger partial charge is 0.223 e. The summed E-state index contributed by atoms with van der Waals surface area (Å²) >= 11 is 0. The van der Waals surface area contributed by atoms with Gasteiger partial charge in [0.1, 0.15) is 5.78 Å². The average molecular weight is 198 g/mol. The van der Waals surface area contributed by atoms with Gasteiger partial charge in [-0.05, 0) is 6.92 Å². The fourth-order valence-electron chi connectivity index (χ4n) is 1.51. The number of amides is 1. The molecule has 1 rings (SSSR count). The topological polar surface area (TPSA) is 40.6 Å². The highest BCUT2D eigenvalue weighted by Gasteiger charge is 2.17. The van der Waals surface area contributed by atoms with E-state index in [0.29, 0.717) is 12.8 Å². The molecule has 0 N–H and O–H groups in total. The van der Waals surface area contributed by atoms with Crippen molar-refractivity contribution in [3.8, 4) is 0 Å². The summed E-state index contributed by atoms with van der Waals surface area (Å²) in [5, 5.41) is 0. The summed E-state index contributed by atoms with van der Waals surface area (Å²) in [6, 6.07) is 0. The van der Waals surface area contributed by atoms with Gasteiger partial charge in [-0.3, -0.25) is 9.59 Å². The predicted octanol–water partition coefficient (Wildman–Crippen LogP) is 0.130. The van der Waals surface area contributed by atoms with Crippen LogP contribution in [0.25, 0.3) is 0 Å². The van der Waals surface area contributed by atoms with Crippen molar-refractivity contribution in [1.82, 2.24) is 9.80 Å². The molecule has 0 atom stereocenters. The van der Waals surface area contributed by atoms with Crippen LogP contribution in [0.3, 0.4) is 0 Å². The third kappa shape index (κ3) is 3.46. The minimum atomic E-state index is 0.204. The number of carbonyl (C=O) groups is 2. The van der Waals surface area contributed by atoms with Gasteiger partial charge in [0.05, 0.1) is 0 Å². The van der Waals surface area contributed by atoms with Crippen molar-refractivity contribution in [1.29, 1.82) is 0 Å². The second-order valence-corrected chi connectivity index (χ2v) is 3.86. The molecule has 0 aromatic heterocycles. The molecule has 0 spiro atoms. The number of hydrogen-bond donors (Lipinski definition) is 0. The normalized spacial score (nSPS) is 19.6. The van der Waals surface area contributed by atoms with Gasteiger partial charge in [0.15, 0.2) is 0 Å². The zero-order valence-electron chi connectivity index (χ0n) is 8.95. The molecule has 1 heterocycles. The minimum Gasteiger partial charge on any atom is -0.344 e. The summed E-state index contributed by atoms with van der Waals surface area (Å²) in [6.07, 6.45) is 1.17. The molecule has 1 aliphatic heterocycles. The van der Waals surface area contributed by atoms with Gasteiger partial charge in [0.2, 0.25) is 5.91 Å². The highest BCUT2D eigenvalue weighted by atomic mass is 16.2. The molecule has 14 heavy (non-hydrogen) atoms. The van der Waals surface area contributed by atoms with Crippen molar-refractivity contribution in [2.45, 2.75) is 19.8 Å². The lowest BCUT2D eigenvalue weighted by Gasteiger charge is -2.18. The van der Waals surface area contributed by atoms with E-state index in [1.54, 1.807) is 11.8 Å². The first kappa shape index (κ1) is 11.2. The molecule has 0 radical (unpaired) electrons. The molecule has 0 aromatic carbocycles. The number of ketones is 1. The largest absolute Gasteiger partial charge is 0.344 e. The van der Waals surface area contributed by atoms with Crippen LogP contribution in [-0.4, -0.2) is 54.7 Å². The van der Waals surface area contributed by atoms with Crippen LogP contribution in [0.1, 0.15) is 19.8 Å². The van der Waals surface area contributed by atoms with Crippen molar-refractivity contribution < 1.29 is 9.59 Å². The number of nitrogens with zero attached hydrogens (tertiary/aromatic N) is 2.